The molecule has 0 aliphatic heterocycles. The summed E-state index contributed by atoms with van der Waals surface area (Å²) in [7, 11) is 0.933. The summed E-state index contributed by atoms with van der Waals surface area (Å²) in [6.07, 6.45) is 9.91. The number of hydrogen-bond donors (Lipinski definition) is 0. The maximum absolute atomic E-state index is 2.56. The molecular weight excluding hydrogens is 581 g/mol. The molecule has 0 aromatic heterocycles. The van der Waals surface area contributed by atoms with Crippen molar-refractivity contribution in [2.24, 2.45) is 0 Å². The Kier molecular flexibility index (Phi) is 9.68. The molecule has 4 aromatic rings. The molecule has 6 rings (SSSR count). The zero-order chi connectivity index (χ0) is 33.3. The smallest absolute Gasteiger partial charge is 0.0397 e. The van der Waals surface area contributed by atoms with E-state index in [1.54, 1.807) is 22.3 Å². The second-order valence-corrected chi connectivity index (χ2v) is 17.3. The Morgan fingerprint density at radius 2 is 0.894 bits per heavy atom. The number of fused-ring (bicyclic) bond motifs is 2. The first kappa shape index (κ1) is 33.5. The van der Waals surface area contributed by atoms with Crippen LogP contribution in [0.2, 0.25) is 12.1 Å². The van der Waals surface area contributed by atoms with E-state index < -0.39 is 0 Å². The van der Waals surface area contributed by atoms with E-state index in [9.17, 15) is 0 Å². The lowest BCUT2D eigenvalue weighted by molar-refractivity contribution is 0.590. The third kappa shape index (κ3) is 6.93. The molecule has 0 bridgehead atoms. The van der Waals surface area contributed by atoms with Gasteiger partial charge in [-0.15, -0.1) is 0 Å². The van der Waals surface area contributed by atoms with Gasteiger partial charge in [-0.25, -0.2) is 0 Å². The van der Waals surface area contributed by atoms with Gasteiger partial charge in [-0.05, 0) is 79.3 Å². The van der Waals surface area contributed by atoms with Crippen LogP contribution in [0.15, 0.2) is 96.1 Å². The second kappa shape index (κ2) is 13.6. The molecule has 2 radical (unpaired) electrons. The van der Waals surface area contributed by atoms with Gasteiger partial charge in [0.15, 0.2) is 0 Å². The maximum Gasteiger partial charge on any atom is 0.0397 e. The first-order valence-corrected chi connectivity index (χ1v) is 19.5. The predicted octanol–water partition coefficient (Wildman–Crippen LogP) is 13.4. The Bertz CT molecular complexity index is 1630. The van der Waals surface area contributed by atoms with Crippen LogP contribution in [0.5, 0.6) is 0 Å². The number of benzene rings is 4. The molecular formula is C46H54Si. The summed E-state index contributed by atoms with van der Waals surface area (Å²) in [5.41, 5.74) is 17.9. The molecule has 0 amide bonds. The zero-order valence-electron chi connectivity index (χ0n) is 30.1. The van der Waals surface area contributed by atoms with E-state index in [0.717, 1.165) is 9.52 Å². The molecule has 2 aliphatic rings. The monoisotopic (exact) mass is 634 g/mol. The summed E-state index contributed by atoms with van der Waals surface area (Å²) in [6.45, 7) is 18.4. The Hall–Kier alpha value is -3.42. The molecule has 2 unspecified atom stereocenters. The van der Waals surface area contributed by atoms with Crippen LogP contribution in [0.4, 0.5) is 0 Å². The fourth-order valence-electron chi connectivity index (χ4n) is 7.79. The topological polar surface area (TPSA) is 0 Å². The summed E-state index contributed by atoms with van der Waals surface area (Å²) >= 11 is 0. The molecule has 242 valence electrons. The van der Waals surface area contributed by atoms with Crippen LogP contribution < -0.4 is 0 Å². The van der Waals surface area contributed by atoms with Gasteiger partial charge in [-0.2, -0.15) is 0 Å². The minimum Gasteiger partial charge on any atom is -0.0651 e. The Morgan fingerprint density at radius 3 is 1.23 bits per heavy atom. The van der Waals surface area contributed by atoms with Crippen LogP contribution >= 0.6 is 0 Å². The average Bonchev–Trinajstić information content (AvgIpc) is 3.58. The highest BCUT2D eigenvalue weighted by atomic mass is 28.2. The molecule has 0 heterocycles. The molecule has 0 saturated heterocycles. The second-order valence-electron chi connectivity index (χ2n) is 16.0. The number of allylic oxidation sites excluding steroid dienone is 2. The minimum atomic E-state index is 0.169. The highest BCUT2D eigenvalue weighted by molar-refractivity contribution is 6.36. The van der Waals surface area contributed by atoms with Crippen molar-refractivity contribution in [3.8, 4) is 22.3 Å². The lowest BCUT2D eigenvalue weighted by atomic mass is 9.85. The van der Waals surface area contributed by atoms with E-state index in [1.165, 1.54) is 82.3 Å². The summed E-state index contributed by atoms with van der Waals surface area (Å²) in [6, 6.07) is 35.3. The van der Waals surface area contributed by atoms with Gasteiger partial charge in [-0.1, -0.05) is 189 Å². The largest absolute Gasteiger partial charge is 0.0651 e. The van der Waals surface area contributed by atoms with E-state index in [0.29, 0.717) is 11.8 Å². The van der Waals surface area contributed by atoms with Crippen molar-refractivity contribution < 1.29 is 0 Å². The summed E-state index contributed by atoms with van der Waals surface area (Å²) in [5, 5.41) is 0. The van der Waals surface area contributed by atoms with Crippen molar-refractivity contribution in [3.05, 3.63) is 129 Å². The van der Waals surface area contributed by atoms with Gasteiger partial charge >= 0.3 is 0 Å². The first-order chi connectivity index (χ1) is 22.5. The standard InChI is InChI=1S/C46H54Si/c1-9-13-33-27-41-37(31-19-23-35(24-20-31)45(3,4)5)15-11-17-39(41)43(33)29-47-30-44-34(14-10-2)28-42-38(16-12-18-40(42)44)32-21-25-36(26-22-32)46(6,7)8/h11-12,15-28,43-44H,9-10,13-14,29-30H2,1-8H3. The van der Waals surface area contributed by atoms with Crippen molar-refractivity contribution in [3.63, 3.8) is 0 Å². The minimum absolute atomic E-state index is 0.169. The Balaban J connectivity index is 1.24. The molecule has 47 heavy (non-hydrogen) atoms. The summed E-state index contributed by atoms with van der Waals surface area (Å²) < 4.78 is 0. The molecule has 2 aliphatic carbocycles. The third-order valence-electron chi connectivity index (χ3n) is 10.5. The highest BCUT2D eigenvalue weighted by Gasteiger charge is 2.30. The maximum atomic E-state index is 2.56. The predicted molar refractivity (Wildman–Crippen MR) is 208 cm³/mol. The Morgan fingerprint density at radius 1 is 0.511 bits per heavy atom. The molecule has 0 spiro atoms. The van der Waals surface area contributed by atoms with E-state index >= 15 is 0 Å². The van der Waals surface area contributed by atoms with Gasteiger partial charge < -0.3 is 0 Å². The van der Waals surface area contributed by atoms with Crippen LogP contribution in [0.25, 0.3) is 34.4 Å². The van der Waals surface area contributed by atoms with Crippen molar-refractivity contribution in [2.45, 2.75) is 116 Å². The molecule has 2 atom stereocenters. The lowest BCUT2D eigenvalue weighted by Crippen LogP contribution is -2.10. The fraction of sp³-hybridized carbons (Fsp3) is 0.391. The van der Waals surface area contributed by atoms with Crippen molar-refractivity contribution in [2.75, 3.05) is 0 Å². The van der Waals surface area contributed by atoms with E-state index in [-0.39, 0.29) is 10.8 Å². The van der Waals surface area contributed by atoms with Crippen LogP contribution in [0.1, 0.15) is 126 Å². The number of rotatable bonds is 10. The normalized spacial score (nSPS) is 17.4. The van der Waals surface area contributed by atoms with Crippen molar-refractivity contribution >= 4 is 21.7 Å². The molecule has 1 heteroatoms. The summed E-state index contributed by atoms with van der Waals surface area (Å²) in [5.74, 6) is 1.09. The van der Waals surface area contributed by atoms with E-state index in [2.05, 4.69) is 152 Å². The lowest BCUT2D eigenvalue weighted by Gasteiger charge is -2.21. The molecule has 0 N–H and O–H groups in total. The SMILES string of the molecule is CCCC1=Cc2c(-c3ccc(C(C)(C)C)cc3)cccc2C1C[Si]CC1C(CCC)=Cc2c(-c3ccc(C(C)(C)C)cc3)cccc21. The Labute approximate surface area is 288 Å². The molecule has 0 fully saturated rings. The van der Waals surface area contributed by atoms with Crippen molar-refractivity contribution in [1.29, 1.82) is 0 Å². The molecule has 0 nitrogen and oxygen atoms in total. The van der Waals surface area contributed by atoms with Gasteiger partial charge in [0.25, 0.3) is 0 Å². The molecule has 4 aromatic carbocycles. The van der Waals surface area contributed by atoms with Crippen LogP contribution in [-0.4, -0.2) is 9.52 Å². The first-order valence-electron chi connectivity index (χ1n) is 18.1. The van der Waals surface area contributed by atoms with E-state index in [4.69, 9.17) is 0 Å². The fourth-order valence-corrected chi connectivity index (χ4v) is 9.50. The average molecular weight is 635 g/mol. The quantitative estimate of drug-likeness (QED) is 0.152. The highest BCUT2D eigenvalue weighted by Crippen LogP contribution is 2.48. The van der Waals surface area contributed by atoms with Gasteiger partial charge in [0.1, 0.15) is 0 Å². The molecule has 0 saturated carbocycles. The van der Waals surface area contributed by atoms with Gasteiger partial charge in [0.2, 0.25) is 0 Å². The van der Waals surface area contributed by atoms with Gasteiger partial charge in [0.05, 0.1) is 0 Å². The number of hydrogen-bond acceptors (Lipinski definition) is 0. The van der Waals surface area contributed by atoms with Crippen LogP contribution in [0, 0.1) is 0 Å². The zero-order valence-corrected chi connectivity index (χ0v) is 31.1. The van der Waals surface area contributed by atoms with Gasteiger partial charge in [-0.3, -0.25) is 0 Å². The third-order valence-corrected chi connectivity index (χ3v) is 11.9. The van der Waals surface area contributed by atoms with Gasteiger partial charge in [0, 0.05) is 21.4 Å². The van der Waals surface area contributed by atoms with Crippen molar-refractivity contribution in [1.82, 2.24) is 0 Å². The van der Waals surface area contributed by atoms with Crippen LogP contribution in [-0.2, 0) is 10.8 Å². The van der Waals surface area contributed by atoms with Crippen LogP contribution in [0.3, 0.4) is 0 Å². The summed E-state index contributed by atoms with van der Waals surface area (Å²) in [4.78, 5) is 0. The van der Waals surface area contributed by atoms with E-state index in [1.807, 2.05) is 0 Å².